The summed E-state index contributed by atoms with van der Waals surface area (Å²) in [4.78, 5) is 31.0. The maximum Gasteiger partial charge on any atom is 0.223 e. The van der Waals surface area contributed by atoms with E-state index < -0.39 is 0 Å². The highest BCUT2D eigenvalue weighted by Gasteiger charge is 2.21. The molecule has 114 valence electrons. The number of piperazine rings is 1. The molecule has 0 bridgehead atoms. The predicted molar refractivity (Wildman–Crippen MR) is 79.4 cm³/mol. The number of nitrogens with one attached hydrogen (secondary N) is 1. The zero-order chi connectivity index (χ0) is 15.1. The van der Waals surface area contributed by atoms with E-state index in [1.54, 1.807) is 18.0 Å². The molecule has 1 aromatic heterocycles. The SMILES string of the molecule is CC(=O)N1CCN(C(=O)CCNCc2cccnc2)CC1. The largest absolute Gasteiger partial charge is 0.339 e. The fourth-order valence-electron chi connectivity index (χ4n) is 2.36. The van der Waals surface area contributed by atoms with E-state index in [1.165, 1.54) is 0 Å². The van der Waals surface area contributed by atoms with E-state index in [0.29, 0.717) is 39.1 Å². The molecular weight excluding hydrogens is 268 g/mol. The molecule has 2 rings (SSSR count). The third kappa shape index (κ3) is 4.82. The van der Waals surface area contributed by atoms with Crippen LogP contribution in [0.15, 0.2) is 24.5 Å². The molecule has 0 unspecified atom stereocenters. The average Bonchev–Trinajstić information content (AvgIpc) is 2.52. The molecule has 0 atom stereocenters. The van der Waals surface area contributed by atoms with Crippen LogP contribution in [0, 0.1) is 0 Å². The molecule has 0 radical (unpaired) electrons. The van der Waals surface area contributed by atoms with Gasteiger partial charge in [0.2, 0.25) is 11.8 Å². The minimum atomic E-state index is 0.0836. The van der Waals surface area contributed by atoms with Crippen LogP contribution in [0.2, 0.25) is 0 Å². The second-order valence-corrected chi connectivity index (χ2v) is 5.17. The molecule has 6 heteroatoms. The van der Waals surface area contributed by atoms with E-state index in [4.69, 9.17) is 0 Å². The van der Waals surface area contributed by atoms with Crippen molar-refractivity contribution < 1.29 is 9.59 Å². The van der Waals surface area contributed by atoms with Crippen LogP contribution in [0.1, 0.15) is 18.9 Å². The van der Waals surface area contributed by atoms with E-state index in [-0.39, 0.29) is 11.8 Å². The number of nitrogens with zero attached hydrogens (tertiary/aromatic N) is 3. The molecule has 0 aromatic carbocycles. The number of pyridine rings is 1. The lowest BCUT2D eigenvalue weighted by molar-refractivity contribution is -0.138. The van der Waals surface area contributed by atoms with Gasteiger partial charge in [0, 0.05) is 65.0 Å². The Morgan fingerprint density at radius 3 is 2.57 bits per heavy atom. The topological polar surface area (TPSA) is 65.5 Å². The second-order valence-electron chi connectivity index (χ2n) is 5.17. The van der Waals surface area contributed by atoms with E-state index in [1.807, 2.05) is 23.2 Å². The van der Waals surface area contributed by atoms with Gasteiger partial charge in [-0.2, -0.15) is 0 Å². The van der Waals surface area contributed by atoms with Crippen LogP contribution in [0.25, 0.3) is 0 Å². The van der Waals surface area contributed by atoms with Gasteiger partial charge in [-0.1, -0.05) is 6.07 Å². The van der Waals surface area contributed by atoms with Gasteiger partial charge in [0.25, 0.3) is 0 Å². The van der Waals surface area contributed by atoms with Crippen LogP contribution in [0.3, 0.4) is 0 Å². The first-order chi connectivity index (χ1) is 10.2. The molecule has 2 amide bonds. The Labute approximate surface area is 125 Å². The number of carbonyl (C=O) groups is 2. The third-order valence-electron chi connectivity index (χ3n) is 3.65. The van der Waals surface area contributed by atoms with Crippen molar-refractivity contribution in [3.05, 3.63) is 30.1 Å². The molecule has 1 N–H and O–H groups in total. The lowest BCUT2D eigenvalue weighted by Crippen LogP contribution is -2.50. The fourth-order valence-corrected chi connectivity index (χ4v) is 2.36. The summed E-state index contributed by atoms with van der Waals surface area (Å²) in [7, 11) is 0. The van der Waals surface area contributed by atoms with Crippen LogP contribution >= 0.6 is 0 Å². The summed E-state index contributed by atoms with van der Waals surface area (Å²) in [5, 5.41) is 3.25. The number of rotatable bonds is 5. The molecule has 0 aliphatic carbocycles. The Hall–Kier alpha value is -1.95. The number of aromatic nitrogens is 1. The quantitative estimate of drug-likeness (QED) is 0.790. The first-order valence-electron chi connectivity index (χ1n) is 7.30. The van der Waals surface area contributed by atoms with Crippen molar-refractivity contribution in [2.45, 2.75) is 19.9 Å². The molecule has 1 saturated heterocycles. The van der Waals surface area contributed by atoms with Gasteiger partial charge in [0.05, 0.1) is 0 Å². The molecule has 1 aliphatic heterocycles. The Morgan fingerprint density at radius 2 is 1.95 bits per heavy atom. The summed E-state index contributed by atoms with van der Waals surface area (Å²) < 4.78 is 0. The minimum Gasteiger partial charge on any atom is -0.339 e. The van der Waals surface area contributed by atoms with Gasteiger partial charge >= 0.3 is 0 Å². The Morgan fingerprint density at radius 1 is 1.24 bits per heavy atom. The normalized spacial score (nSPS) is 15.1. The van der Waals surface area contributed by atoms with Gasteiger partial charge in [0.1, 0.15) is 0 Å². The molecular formula is C15H22N4O2. The number of hydrogen-bond acceptors (Lipinski definition) is 4. The molecule has 0 saturated carbocycles. The smallest absolute Gasteiger partial charge is 0.223 e. The highest BCUT2D eigenvalue weighted by atomic mass is 16.2. The Kier molecular flexibility index (Phi) is 5.68. The van der Waals surface area contributed by atoms with Gasteiger partial charge in [-0.25, -0.2) is 0 Å². The van der Waals surface area contributed by atoms with Crippen molar-refractivity contribution in [3.8, 4) is 0 Å². The molecule has 1 aliphatic rings. The molecule has 0 spiro atoms. The molecule has 1 aromatic rings. The summed E-state index contributed by atoms with van der Waals surface area (Å²) in [6.45, 7) is 5.51. The average molecular weight is 290 g/mol. The first kappa shape index (κ1) is 15.4. The van der Waals surface area contributed by atoms with Gasteiger partial charge in [-0.15, -0.1) is 0 Å². The van der Waals surface area contributed by atoms with Crippen LogP contribution < -0.4 is 5.32 Å². The molecule has 6 nitrogen and oxygen atoms in total. The third-order valence-corrected chi connectivity index (χ3v) is 3.65. The molecule has 2 heterocycles. The summed E-state index contributed by atoms with van der Waals surface area (Å²) >= 11 is 0. The van der Waals surface area contributed by atoms with Gasteiger partial charge < -0.3 is 15.1 Å². The second kappa shape index (κ2) is 7.73. The maximum absolute atomic E-state index is 12.1. The maximum atomic E-state index is 12.1. The van der Waals surface area contributed by atoms with Crippen LogP contribution in [0.5, 0.6) is 0 Å². The zero-order valence-corrected chi connectivity index (χ0v) is 12.4. The van der Waals surface area contributed by atoms with E-state index in [2.05, 4.69) is 10.3 Å². The van der Waals surface area contributed by atoms with Crippen molar-refractivity contribution >= 4 is 11.8 Å². The zero-order valence-electron chi connectivity index (χ0n) is 12.4. The van der Waals surface area contributed by atoms with Gasteiger partial charge in [-0.05, 0) is 11.6 Å². The highest BCUT2D eigenvalue weighted by Crippen LogP contribution is 2.04. The van der Waals surface area contributed by atoms with Gasteiger partial charge in [-0.3, -0.25) is 14.6 Å². The predicted octanol–water partition coefficient (Wildman–Crippen LogP) is 0.252. The summed E-state index contributed by atoms with van der Waals surface area (Å²) in [6, 6.07) is 3.90. The first-order valence-corrected chi connectivity index (χ1v) is 7.30. The fraction of sp³-hybridized carbons (Fsp3) is 0.533. The monoisotopic (exact) mass is 290 g/mol. The lowest BCUT2D eigenvalue weighted by atomic mass is 10.2. The molecule has 21 heavy (non-hydrogen) atoms. The van der Waals surface area contributed by atoms with E-state index in [9.17, 15) is 9.59 Å². The van der Waals surface area contributed by atoms with E-state index in [0.717, 1.165) is 12.1 Å². The summed E-state index contributed by atoms with van der Waals surface area (Å²) in [5.41, 5.74) is 1.11. The number of carbonyl (C=O) groups excluding carboxylic acids is 2. The lowest BCUT2D eigenvalue weighted by Gasteiger charge is -2.34. The van der Waals surface area contributed by atoms with Crippen molar-refractivity contribution in [2.24, 2.45) is 0 Å². The Balaban J connectivity index is 1.63. The summed E-state index contributed by atoms with van der Waals surface area (Å²) in [5.74, 6) is 0.233. The number of hydrogen-bond donors (Lipinski definition) is 1. The number of amides is 2. The highest BCUT2D eigenvalue weighted by molar-refractivity contribution is 5.77. The minimum absolute atomic E-state index is 0.0836. The standard InChI is InChI=1S/C15H22N4O2/c1-13(20)18-7-9-19(10-8-18)15(21)4-6-17-12-14-3-2-5-16-11-14/h2-3,5,11,17H,4,6-10,12H2,1H3. The van der Waals surface area contributed by atoms with Gasteiger partial charge in [0.15, 0.2) is 0 Å². The van der Waals surface area contributed by atoms with Crippen LogP contribution in [-0.2, 0) is 16.1 Å². The van der Waals surface area contributed by atoms with Crippen LogP contribution in [0.4, 0.5) is 0 Å². The van der Waals surface area contributed by atoms with Crippen molar-refractivity contribution in [1.82, 2.24) is 20.1 Å². The van der Waals surface area contributed by atoms with Crippen molar-refractivity contribution in [1.29, 1.82) is 0 Å². The molecule has 1 fully saturated rings. The summed E-state index contributed by atoms with van der Waals surface area (Å²) in [6.07, 6.45) is 4.05. The van der Waals surface area contributed by atoms with Crippen molar-refractivity contribution in [3.63, 3.8) is 0 Å². The Bertz CT molecular complexity index is 470. The van der Waals surface area contributed by atoms with Crippen molar-refractivity contribution in [2.75, 3.05) is 32.7 Å². The van der Waals surface area contributed by atoms with E-state index >= 15 is 0 Å². The van der Waals surface area contributed by atoms with Crippen LogP contribution in [-0.4, -0.2) is 59.3 Å².